The summed E-state index contributed by atoms with van der Waals surface area (Å²) in [5.41, 5.74) is 0. The number of rotatable bonds is 12. The molecule has 2 atom stereocenters. The topological polar surface area (TPSA) is 0 Å². The summed E-state index contributed by atoms with van der Waals surface area (Å²) in [6.45, 7) is 9.40. The molecule has 0 radical (unpaired) electrons. The first-order valence-corrected chi connectivity index (χ1v) is 8.20. The SMILES string of the molecule is CCCC(C)CCCCCCCCC(C)CC. The number of hydrogen-bond donors (Lipinski definition) is 0. The van der Waals surface area contributed by atoms with Gasteiger partial charge in [-0.2, -0.15) is 0 Å². The van der Waals surface area contributed by atoms with Gasteiger partial charge in [-0.25, -0.2) is 0 Å². The van der Waals surface area contributed by atoms with Gasteiger partial charge in [0.2, 0.25) is 0 Å². The smallest absolute Gasteiger partial charge is 0.0443 e. The first kappa shape index (κ1) is 17.0. The molecule has 0 aromatic carbocycles. The van der Waals surface area contributed by atoms with E-state index in [0.29, 0.717) is 0 Å². The lowest BCUT2D eigenvalue weighted by molar-refractivity contribution is 0.443. The molecule has 0 aromatic rings. The lowest BCUT2D eigenvalue weighted by Gasteiger charge is -2.09. The highest BCUT2D eigenvalue weighted by molar-refractivity contribution is 4.54. The Morgan fingerprint density at radius 2 is 1.06 bits per heavy atom. The minimum atomic E-state index is 0.949. The van der Waals surface area contributed by atoms with E-state index < -0.39 is 0 Å². The molecule has 0 aliphatic carbocycles. The van der Waals surface area contributed by atoms with Crippen LogP contribution in [-0.4, -0.2) is 0 Å². The molecular weight excluding hydrogens is 204 g/mol. The van der Waals surface area contributed by atoms with Crippen LogP contribution in [-0.2, 0) is 0 Å². The van der Waals surface area contributed by atoms with E-state index in [1.54, 1.807) is 0 Å². The van der Waals surface area contributed by atoms with Crippen molar-refractivity contribution in [3.63, 3.8) is 0 Å². The van der Waals surface area contributed by atoms with Gasteiger partial charge >= 0.3 is 0 Å². The van der Waals surface area contributed by atoms with Crippen LogP contribution in [0, 0.1) is 11.8 Å². The quantitative estimate of drug-likeness (QED) is 0.338. The summed E-state index contributed by atoms with van der Waals surface area (Å²) in [6.07, 6.45) is 15.9. The molecule has 0 saturated heterocycles. The highest BCUT2D eigenvalue weighted by atomic mass is 14.1. The van der Waals surface area contributed by atoms with Gasteiger partial charge < -0.3 is 0 Å². The van der Waals surface area contributed by atoms with Crippen LogP contribution < -0.4 is 0 Å². The molecule has 0 bridgehead atoms. The van der Waals surface area contributed by atoms with Crippen molar-refractivity contribution in [2.75, 3.05) is 0 Å². The third kappa shape index (κ3) is 12.2. The summed E-state index contributed by atoms with van der Waals surface area (Å²) in [5.74, 6) is 1.91. The molecule has 2 unspecified atom stereocenters. The maximum atomic E-state index is 2.41. The number of unbranched alkanes of at least 4 members (excludes halogenated alkanes) is 5. The molecule has 0 aromatic heterocycles. The van der Waals surface area contributed by atoms with Crippen molar-refractivity contribution in [3.05, 3.63) is 0 Å². The Labute approximate surface area is 111 Å². The second kappa shape index (κ2) is 12.5. The molecule has 0 aliphatic rings. The second-order valence-corrected chi connectivity index (χ2v) is 6.11. The van der Waals surface area contributed by atoms with Crippen LogP contribution in [0.1, 0.15) is 98.3 Å². The second-order valence-electron chi connectivity index (χ2n) is 6.11. The van der Waals surface area contributed by atoms with Crippen molar-refractivity contribution in [1.82, 2.24) is 0 Å². The molecule has 0 amide bonds. The predicted molar refractivity (Wildman–Crippen MR) is 80.5 cm³/mol. The fraction of sp³-hybridized carbons (Fsp3) is 1.00. The van der Waals surface area contributed by atoms with Crippen molar-refractivity contribution in [3.8, 4) is 0 Å². The number of hydrogen-bond acceptors (Lipinski definition) is 0. The summed E-state index contributed by atoms with van der Waals surface area (Å²) in [6, 6.07) is 0. The van der Waals surface area contributed by atoms with Crippen LogP contribution >= 0.6 is 0 Å². The minimum Gasteiger partial charge on any atom is -0.0654 e. The van der Waals surface area contributed by atoms with Gasteiger partial charge in [0.1, 0.15) is 0 Å². The molecule has 0 spiro atoms. The molecule has 0 N–H and O–H groups in total. The highest BCUT2D eigenvalue weighted by Crippen LogP contribution is 2.17. The predicted octanol–water partition coefficient (Wildman–Crippen LogP) is 6.59. The van der Waals surface area contributed by atoms with Crippen molar-refractivity contribution in [2.45, 2.75) is 98.3 Å². The molecule has 104 valence electrons. The zero-order valence-electron chi connectivity index (χ0n) is 12.9. The van der Waals surface area contributed by atoms with Crippen LogP contribution in [0.5, 0.6) is 0 Å². The van der Waals surface area contributed by atoms with Gasteiger partial charge in [0, 0.05) is 0 Å². The average molecular weight is 240 g/mol. The Kier molecular flexibility index (Phi) is 12.5. The summed E-state index contributed by atoms with van der Waals surface area (Å²) in [4.78, 5) is 0. The lowest BCUT2D eigenvalue weighted by Crippen LogP contribution is -1.94. The first-order chi connectivity index (χ1) is 8.20. The van der Waals surface area contributed by atoms with E-state index in [4.69, 9.17) is 0 Å². The maximum Gasteiger partial charge on any atom is -0.0443 e. The van der Waals surface area contributed by atoms with Crippen molar-refractivity contribution < 1.29 is 0 Å². The Balaban J connectivity index is 3.08. The van der Waals surface area contributed by atoms with Crippen LogP contribution in [0.2, 0.25) is 0 Å². The fourth-order valence-electron chi connectivity index (χ4n) is 2.53. The maximum absolute atomic E-state index is 2.41. The van der Waals surface area contributed by atoms with Gasteiger partial charge in [0.25, 0.3) is 0 Å². The van der Waals surface area contributed by atoms with Crippen LogP contribution in [0.25, 0.3) is 0 Å². The van der Waals surface area contributed by atoms with Gasteiger partial charge in [0.15, 0.2) is 0 Å². The Morgan fingerprint density at radius 1 is 0.588 bits per heavy atom. The average Bonchev–Trinajstić information content (AvgIpc) is 2.32. The van der Waals surface area contributed by atoms with Gasteiger partial charge in [-0.05, 0) is 11.8 Å². The van der Waals surface area contributed by atoms with E-state index in [1.165, 1.54) is 70.6 Å². The standard InChI is InChI=1S/C17H36/c1-5-13-17(4)15-12-10-8-7-9-11-14-16(3)6-2/h16-17H,5-15H2,1-4H3. The van der Waals surface area contributed by atoms with Gasteiger partial charge in [-0.1, -0.05) is 98.3 Å². The zero-order chi connectivity index (χ0) is 12.9. The van der Waals surface area contributed by atoms with E-state index >= 15 is 0 Å². The molecule has 0 heterocycles. The Morgan fingerprint density at radius 3 is 1.53 bits per heavy atom. The van der Waals surface area contributed by atoms with Crippen LogP contribution in [0.3, 0.4) is 0 Å². The summed E-state index contributed by atoms with van der Waals surface area (Å²) in [5, 5.41) is 0. The normalized spacial score (nSPS) is 14.8. The molecule has 17 heavy (non-hydrogen) atoms. The Hall–Kier alpha value is 0. The Bertz CT molecular complexity index is 139. The van der Waals surface area contributed by atoms with Crippen LogP contribution in [0.4, 0.5) is 0 Å². The lowest BCUT2D eigenvalue weighted by atomic mass is 9.97. The highest BCUT2D eigenvalue weighted by Gasteiger charge is 2.00. The summed E-state index contributed by atoms with van der Waals surface area (Å²) >= 11 is 0. The van der Waals surface area contributed by atoms with Crippen molar-refractivity contribution in [1.29, 1.82) is 0 Å². The largest absolute Gasteiger partial charge is 0.0654 e. The fourth-order valence-corrected chi connectivity index (χ4v) is 2.53. The van der Waals surface area contributed by atoms with E-state index in [0.717, 1.165) is 11.8 Å². The molecule has 0 saturated carbocycles. The van der Waals surface area contributed by atoms with E-state index in [2.05, 4.69) is 27.7 Å². The summed E-state index contributed by atoms with van der Waals surface area (Å²) < 4.78 is 0. The third-order valence-corrected chi connectivity index (χ3v) is 4.12. The molecule has 0 heteroatoms. The van der Waals surface area contributed by atoms with Gasteiger partial charge in [-0.15, -0.1) is 0 Å². The van der Waals surface area contributed by atoms with Crippen molar-refractivity contribution in [2.24, 2.45) is 11.8 Å². The summed E-state index contributed by atoms with van der Waals surface area (Å²) in [7, 11) is 0. The molecular formula is C17H36. The first-order valence-electron chi connectivity index (χ1n) is 8.20. The molecule has 0 nitrogen and oxygen atoms in total. The molecule has 0 aliphatic heterocycles. The molecule has 0 fully saturated rings. The zero-order valence-corrected chi connectivity index (χ0v) is 12.9. The van der Waals surface area contributed by atoms with E-state index in [9.17, 15) is 0 Å². The van der Waals surface area contributed by atoms with Crippen LogP contribution in [0.15, 0.2) is 0 Å². The van der Waals surface area contributed by atoms with Crippen molar-refractivity contribution >= 4 is 0 Å². The third-order valence-electron chi connectivity index (χ3n) is 4.12. The van der Waals surface area contributed by atoms with E-state index in [1.807, 2.05) is 0 Å². The minimum absolute atomic E-state index is 0.949. The van der Waals surface area contributed by atoms with E-state index in [-0.39, 0.29) is 0 Å². The molecule has 0 rings (SSSR count). The van der Waals surface area contributed by atoms with Gasteiger partial charge in [0.05, 0.1) is 0 Å². The van der Waals surface area contributed by atoms with Gasteiger partial charge in [-0.3, -0.25) is 0 Å². The monoisotopic (exact) mass is 240 g/mol.